The van der Waals surface area contributed by atoms with Crippen molar-refractivity contribution < 1.29 is 61.8 Å². The van der Waals surface area contributed by atoms with Gasteiger partial charge in [-0.1, -0.05) is 139 Å². The molecule has 0 spiro atoms. The number of hydrogen-bond acceptors (Lipinski definition) is 16. The van der Waals surface area contributed by atoms with Gasteiger partial charge in [-0.15, -0.1) is 11.3 Å². The quantitative estimate of drug-likeness (QED) is 0.00804. The van der Waals surface area contributed by atoms with E-state index in [2.05, 4.69) is 36.9 Å². The van der Waals surface area contributed by atoms with Gasteiger partial charge in [0.1, 0.15) is 49.4 Å². The molecule has 0 radical (unpaired) electrons. The smallest absolute Gasteiger partial charge is 0.336 e. The summed E-state index contributed by atoms with van der Waals surface area (Å²) in [6.45, 7) is 0.123. The second-order valence-corrected chi connectivity index (χ2v) is 30.2. The summed E-state index contributed by atoms with van der Waals surface area (Å²) in [5.74, 6) is -5.26. The molecule has 0 saturated heterocycles. The van der Waals surface area contributed by atoms with E-state index >= 15 is 9.18 Å². The van der Waals surface area contributed by atoms with Crippen molar-refractivity contribution in [1.29, 1.82) is 0 Å². The summed E-state index contributed by atoms with van der Waals surface area (Å²) in [6, 6.07) is 52.2. The number of thiazole rings is 1. The number of halogens is 2. The molecule has 0 unspecified atom stereocenters. The van der Waals surface area contributed by atoms with Crippen LogP contribution in [0.5, 0.6) is 5.75 Å². The first-order valence-electron chi connectivity index (χ1n) is 37.9. The molecule has 3 heterocycles. The highest BCUT2D eigenvalue weighted by molar-refractivity contribution is 7.13. The molecule has 9 aromatic rings. The molecule has 12 rings (SSSR count). The summed E-state index contributed by atoms with van der Waals surface area (Å²) in [5, 5.41) is 32.3. The van der Waals surface area contributed by atoms with Crippen LogP contribution in [0.25, 0.3) is 33.4 Å². The second kappa shape index (κ2) is 37.7. The zero-order valence-corrected chi connectivity index (χ0v) is 65.5. The zero-order valence-electron chi connectivity index (χ0n) is 63.9. The van der Waals surface area contributed by atoms with Gasteiger partial charge in [-0.3, -0.25) is 38.4 Å². The first-order chi connectivity index (χ1) is 55.5. The van der Waals surface area contributed by atoms with Gasteiger partial charge in [-0.05, 0) is 123 Å². The van der Waals surface area contributed by atoms with Gasteiger partial charge in [-0.25, -0.2) is 23.7 Å². The van der Waals surface area contributed by atoms with Gasteiger partial charge in [0, 0.05) is 132 Å². The summed E-state index contributed by atoms with van der Waals surface area (Å²) in [4.78, 5) is 138. The fourth-order valence-electron chi connectivity index (χ4n) is 14.2. The van der Waals surface area contributed by atoms with E-state index in [-0.39, 0.29) is 104 Å². The predicted octanol–water partition coefficient (Wildman–Crippen LogP) is 12.3. The third-order valence-corrected chi connectivity index (χ3v) is 21.5. The number of carboxylic acids is 1. The molecule has 23 nitrogen and oxygen atoms in total. The lowest BCUT2D eigenvalue weighted by Crippen LogP contribution is -2.57. The number of carbonyl (C=O) groups is 9. The number of nitrogens with one attached hydrogen (secondary N) is 6. The number of anilines is 3. The number of amides is 6. The maximum absolute atomic E-state index is 15.1. The van der Waals surface area contributed by atoms with Crippen molar-refractivity contribution in [2.45, 2.75) is 101 Å². The van der Waals surface area contributed by atoms with Crippen molar-refractivity contribution in [2.24, 2.45) is 11.1 Å². The van der Waals surface area contributed by atoms with Crippen LogP contribution >= 0.6 is 22.9 Å². The molecule has 9 N–H and O–H groups in total. The van der Waals surface area contributed by atoms with Crippen LogP contribution in [-0.4, -0.2) is 134 Å². The number of fused-ring (bicyclic) bond motifs is 2. The molecule has 115 heavy (non-hydrogen) atoms. The van der Waals surface area contributed by atoms with Crippen LogP contribution in [0.4, 0.5) is 21.0 Å². The molecule has 3 atom stereocenters. The number of ketones is 2. The molecular weight excluding hydrogens is 1500 g/mol. The average Bonchev–Trinajstić information content (AvgIpc) is 1.12. The van der Waals surface area contributed by atoms with Crippen LogP contribution in [-0.2, 0) is 43.2 Å². The summed E-state index contributed by atoms with van der Waals surface area (Å²) in [7, 11) is 7.63. The zero-order chi connectivity index (χ0) is 81.3. The fourth-order valence-corrected chi connectivity index (χ4v) is 14.9. The van der Waals surface area contributed by atoms with Crippen molar-refractivity contribution in [3.05, 3.63) is 278 Å². The molecule has 2 aromatic heterocycles. The third kappa shape index (κ3) is 20.8. The third-order valence-electron chi connectivity index (χ3n) is 20.5. The maximum Gasteiger partial charge on any atom is 0.336 e. The van der Waals surface area contributed by atoms with E-state index in [4.69, 9.17) is 31.5 Å². The number of benzene rings is 8. The number of primary amides is 1. The number of ether oxygens (including phenoxy) is 1. The van der Waals surface area contributed by atoms with Gasteiger partial charge in [0.2, 0.25) is 34.9 Å². The van der Waals surface area contributed by atoms with Gasteiger partial charge < -0.3 is 56.8 Å². The minimum Gasteiger partial charge on any atom is -0.487 e. The maximum atomic E-state index is 15.1. The minimum absolute atomic E-state index is 0.00818. The summed E-state index contributed by atoms with van der Waals surface area (Å²) >= 11 is 7.50. The summed E-state index contributed by atoms with van der Waals surface area (Å²) in [5.41, 5.74) is 11.3. The van der Waals surface area contributed by atoms with Crippen LogP contribution in [0.15, 0.2) is 216 Å². The first kappa shape index (κ1) is 81.7. The topological polar surface area (TPSA) is 326 Å². The Hall–Kier alpha value is -12.7. The van der Waals surface area contributed by atoms with Crippen LogP contribution in [0, 0.1) is 11.2 Å². The highest BCUT2D eigenvalue weighted by atomic mass is 35.5. The lowest BCUT2D eigenvalue weighted by molar-refractivity contribution is -0.134. The van der Waals surface area contributed by atoms with Gasteiger partial charge in [0.05, 0.1) is 28.2 Å². The van der Waals surface area contributed by atoms with E-state index in [0.717, 1.165) is 11.0 Å². The van der Waals surface area contributed by atoms with Crippen LogP contribution in [0.3, 0.4) is 0 Å². The molecule has 3 aliphatic rings. The number of aromatic carboxylic acids is 1. The molecule has 590 valence electrons. The van der Waals surface area contributed by atoms with E-state index in [1.54, 1.807) is 140 Å². The summed E-state index contributed by atoms with van der Waals surface area (Å²) in [6.07, 6.45) is 3.13. The number of unbranched alkanes of at least 4 members (excludes halogenated alkanes) is 1. The highest BCUT2D eigenvalue weighted by Crippen LogP contribution is 2.44. The molecule has 7 aromatic carbocycles. The Morgan fingerprint density at radius 2 is 1.28 bits per heavy atom. The Balaban J connectivity index is 0.737. The fraction of sp³-hybridized carbons (Fsp3) is 0.258. The van der Waals surface area contributed by atoms with Crippen molar-refractivity contribution >= 4 is 104 Å². The Kier molecular flexibility index (Phi) is 26.8. The second-order valence-electron chi connectivity index (χ2n) is 28.9. The van der Waals surface area contributed by atoms with Crippen molar-refractivity contribution in [3.63, 3.8) is 0 Å². The van der Waals surface area contributed by atoms with Crippen LogP contribution < -0.4 is 57.2 Å². The van der Waals surface area contributed by atoms with Crippen LogP contribution in [0.1, 0.15) is 127 Å². The molecule has 1 saturated carbocycles. The SMILES string of the molecule is CN(C)c1ccc2c(-c3ccc(C(=O)NCCCC[C@H](NC(=O)[C@H](Cc4ccc(C(=O)c5ccccc5)cc4)NC(=O)[C@H](Cc4ccc(C(=O)c5ccccc5)cc4)NC(=O)CCCNC(=O)C4(Cc5cccc(Nc6nccs6)n5)CCC(Oc5cccc(Cl)c5F)CC4)C(N)=O)cc3C(=O)O)c3ccc(=[N+](C)C)cc-3oc2c1. The van der Waals surface area contributed by atoms with Gasteiger partial charge in [0.25, 0.3) is 5.91 Å². The Morgan fingerprint density at radius 1 is 0.670 bits per heavy atom. The van der Waals surface area contributed by atoms with Gasteiger partial charge in [0.15, 0.2) is 28.3 Å². The number of hydrogen-bond donors (Lipinski definition) is 8. The van der Waals surface area contributed by atoms with Crippen molar-refractivity contribution in [1.82, 2.24) is 41.1 Å². The molecular formula is C89H88ClFN11O12S+. The Labute approximate surface area is 672 Å². The lowest BCUT2D eigenvalue weighted by Gasteiger charge is -2.39. The van der Waals surface area contributed by atoms with E-state index in [1.807, 2.05) is 91.6 Å². The lowest BCUT2D eigenvalue weighted by atomic mass is 9.69. The van der Waals surface area contributed by atoms with E-state index in [1.165, 1.54) is 29.5 Å². The van der Waals surface area contributed by atoms with E-state index in [0.29, 0.717) is 109 Å². The Bertz CT molecular complexity index is 5430. The number of carboxylic acid groups (broad SMARTS) is 1. The number of rotatable bonds is 34. The van der Waals surface area contributed by atoms with Crippen molar-refractivity contribution in [2.75, 3.05) is 51.5 Å². The Morgan fingerprint density at radius 3 is 1.90 bits per heavy atom. The molecule has 1 fully saturated rings. The number of nitrogens with two attached hydrogens (primary N) is 1. The first-order valence-corrected chi connectivity index (χ1v) is 39.1. The normalized spacial score (nSPS) is 14.6. The van der Waals surface area contributed by atoms with Gasteiger partial charge >= 0.3 is 5.97 Å². The number of nitrogens with zero attached hydrogens (tertiary/aromatic N) is 4. The van der Waals surface area contributed by atoms with E-state index in [9.17, 15) is 43.5 Å². The number of aromatic nitrogens is 2. The van der Waals surface area contributed by atoms with Crippen LogP contribution in [0.2, 0.25) is 5.02 Å². The molecule has 0 bridgehead atoms. The van der Waals surface area contributed by atoms with Crippen molar-refractivity contribution in [3.8, 4) is 28.2 Å². The summed E-state index contributed by atoms with van der Waals surface area (Å²) < 4.78 is 29.6. The molecule has 26 heteroatoms. The molecule has 6 amide bonds. The standard InChI is InChI=1S/C89H87ClFN11O12S/c1-101(2)62-35-38-66-74(51-62)114-75-52-63(102(3)4)36-39-67(75)78(66)65-37-34-60(50-68(65)86(110)111)83(107)93-44-12-11-22-70(82(92)106)98-85(109)72(49-55-28-32-59(33-29-55)81(105)57-18-9-6-10-19-57)99-84(108)71(48-54-26-30-58(31-27-54)80(104)56-16-7-5-8-17-56)97-77(103)25-15-45-94-87(112)89(53-61-20-13-24-76(96-61)100-88-95-46-47-115-88)42-40-64(41-43-89)113-73-23-14-21-69(90)79(73)91/h5-10,13-14,16-21,23-24,26-39,46-47,50-52,64,70-72H,11-12,15,22,25,40-45,48-49,53H2,1-4H3,(H8-,92,93,94,95,96,97,98,99,100,103,106,107,108,109,110,111,112)/p+1/t64?,70-,71-,72-,89?/m0/s1. The minimum atomic E-state index is -1.44. The number of carbonyl (C=O) groups excluding carboxylic acids is 8. The highest BCUT2D eigenvalue weighted by Gasteiger charge is 2.43. The monoisotopic (exact) mass is 1590 g/mol. The predicted molar refractivity (Wildman–Crippen MR) is 440 cm³/mol. The van der Waals surface area contributed by atoms with Gasteiger partial charge in [-0.2, -0.15) is 0 Å². The average molecular weight is 1590 g/mol. The molecule has 1 aliphatic heterocycles. The van der Waals surface area contributed by atoms with E-state index < -0.39 is 71.0 Å². The number of pyridine rings is 1. The molecule has 2 aliphatic carbocycles. The largest absolute Gasteiger partial charge is 0.487 e.